The van der Waals surface area contributed by atoms with Gasteiger partial charge in [0.1, 0.15) is 18.1 Å². The summed E-state index contributed by atoms with van der Waals surface area (Å²) in [7, 11) is 1.73. The van der Waals surface area contributed by atoms with Crippen molar-refractivity contribution in [3.05, 3.63) is 46.8 Å². The van der Waals surface area contributed by atoms with E-state index in [1.54, 1.807) is 30.1 Å². The number of amides is 2. The number of likely N-dealkylation sites (tertiary alicyclic amines) is 1. The van der Waals surface area contributed by atoms with Crippen LogP contribution >= 0.6 is 0 Å². The molecule has 0 aliphatic carbocycles. The third-order valence-electron chi connectivity index (χ3n) is 4.36. The number of aryl methyl sites for hydroxylation is 2. The highest BCUT2D eigenvalue weighted by Crippen LogP contribution is 2.22. The van der Waals surface area contributed by atoms with Gasteiger partial charge in [-0.3, -0.25) is 9.59 Å². The van der Waals surface area contributed by atoms with Crippen molar-refractivity contribution in [2.24, 2.45) is 0 Å². The average Bonchev–Trinajstić information content (AvgIpc) is 3.07. The number of hydrogen-bond acceptors (Lipinski definition) is 5. The summed E-state index contributed by atoms with van der Waals surface area (Å²) in [6.45, 7) is 4.47. The molecule has 1 aliphatic rings. The largest absolute Gasteiger partial charge is 0.488 e. The zero-order chi connectivity index (χ0) is 18.0. The van der Waals surface area contributed by atoms with Crippen molar-refractivity contribution in [3.8, 4) is 5.75 Å². The van der Waals surface area contributed by atoms with E-state index in [4.69, 9.17) is 9.26 Å². The number of hydrogen-bond donors (Lipinski definition) is 1. The number of aromatic nitrogens is 1. The number of likely N-dealkylation sites (N-methyl/N-ethyl adjacent to an activating group) is 1. The maximum absolute atomic E-state index is 12.6. The number of para-hydroxylation sites is 1. The van der Waals surface area contributed by atoms with Crippen LogP contribution < -0.4 is 10.1 Å². The van der Waals surface area contributed by atoms with Gasteiger partial charge in [-0.25, -0.2) is 0 Å². The number of nitrogens with zero attached hydrogens (tertiary/aromatic N) is 2. The number of carbonyl (C=O) groups is 2. The molecule has 132 valence electrons. The lowest BCUT2D eigenvalue weighted by atomic mass is 10.1. The number of rotatable bonds is 5. The first-order valence-corrected chi connectivity index (χ1v) is 8.14. The third-order valence-corrected chi connectivity index (χ3v) is 4.36. The van der Waals surface area contributed by atoms with Gasteiger partial charge in [0.05, 0.1) is 22.9 Å². The summed E-state index contributed by atoms with van der Waals surface area (Å²) in [5.41, 5.74) is 2.08. The zero-order valence-corrected chi connectivity index (χ0v) is 14.5. The lowest BCUT2D eigenvalue weighted by Gasteiger charge is -2.15. The van der Waals surface area contributed by atoms with Crippen LogP contribution in [0.2, 0.25) is 0 Å². The van der Waals surface area contributed by atoms with Gasteiger partial charge in [0, 0.05) is 20.0 Å². The molecule has 2 amide bonds. The van der Waals surface area contributed by atoms with E-state index in [-0.39, 0.29) is 24.5 Å². The summed E-state index contributed by atoms with van der Waals surface area (Å²) in [6.07, 6.45) is 0.324. The fourth-order valence-corrected chi connectivity index (χ4v) is 2.86. The molecule has 7 nitrogen and oxygen atoms in total. The van der Waals surface area contributed by atoms with Gasteiger partial charge in [-0.2, -0.15) is 0 Å². The summed E-state index contributed by atoms with van der Waals surface area (Å²) in [5.74, 6) is 0.973. The molecule has 1 aliphatic heterocycles. The molecule has 1 atom stereocenters. The molecule has 3 rings (SSSR count). The van der Waals surface area contributed by atoms with Crippen LogP contribution in [0.1, 0.15) is 33.8 Å². The molecule has 25 heavy (non-hydrogen) atoms. The first kappa shape index (κ1) is 17.0. The van der Waals surface area contributed by atoms with Crippen molar-refractivity contribution in [1.29, 1.82) is 0 Å². The van der Waals surface area contributed by atoms with Crippen LogP contribution in [0.5, 0.6) is 5.75 Å². The second-order valence-corrected chi connectivity index (χ2v) is 6.24. The molecule has 2 aromatic rings. The summed E-state index contributed by atoms with van der Waals surface area (Å²) in [5, 5.41) is 6.80. The second-order valence-electron chi connectivity index (χ2n) is 6.24. The van der Waals surface area contributed by atoms with Crippen molar-refractivity contribution in [2.75, 3.05) is 13.6 Å². The Morgan fingerprint density at radius 2 is 2.16 bits per heavy atom. The standard InChI is InChI=1S/C18H21N3O4/c1-11-15(12(2)25-20-11)10-24-16-7-5-4-6-14(16)18(23)19-13-8-17(22)21(3)9-13/h4-7,13H,8-10H2,1-3H3,(H,19,23). The minimum absolute atomic E-state index is 0.0354. The van der Waals surface area contributed by atoms with E-state index in [0.717, 1.165) is 11.3 Å². The molecule has 1 aromatic heterocycles. The van der Waals surface area contributed by atoms with Gasteiger partial charge in [-0.15, -0.1) is 0 Å². The van der Waals surface area contributed by atoms with E-state index in [2.05, 4.69) is 10.5 Å². The van der Waals surface area contributed by atoms with Crippen molar-refractivity contribution < 1.29 is 18.8 Å². The van der Waals surface area contributed by atoms with E-state index in [1.165, 1.54) is 0 Å². The fraction of sp³-hybridized carbons (Fsp3) is 0.389. The Bertz CT molecular complexity index is 780. The summed E-state index contributed by atoms with van der Waals surface area (Å²) in [4.78, 5) is 25.8. The van der Waals surface area contributed by atoms with Crippen LogP contribution in [0, 0.1) is 13.8 Å². The van der Waals surface area contributed by atoms with Gasteiger partial charge < -0.3 is 19.5 Å². The summed E-state index contributed by atoms with van der Waals surface area (Å²) in [6, 6.07) is 6.87. The SMILES string of the molecule is Cc1noc(C)c1COc1ccccc1C(=O)NC1CC(=O)N(C)C1. The Morgan fingerprint density at radius 1 is 1.40 bits per heavy atom. The normalized spacial score (nSPS) is 17.0. The van der Waals surface area contributed by atoms with Gasteiger partial charge >= 0.3 is 0 Å². The van der Waals surface area contributed by atoms with Crippen LogP contribution in [0.3, 0.4) is 0 Å². The van der Waals surface area contributed by atoms with Gasteiger partial charge in [0.15, 0.2) is 0 Å². The van der Waals surface area contributed by atoms with E-state index in [9.17, 15) is 9.59 Å². The predicted molar refractivity (Wildman–Crippen MR) is 90.3 cm³/mol. The molecule has 0 saturated carbocycles. The highest BCUT2D eigenvalue weighted by Gasteiger charge is 2.28. The lowest BCUT2D eigenvalue weighted by molar-refractivity contribution is -0.126. The minimum atomic E-state index is -0.248. The van der Waals surface area contributed by atoms with Crippen LogP contribution in [0.15, 0.2) is 28.8 Å². The number of nitrogens with one attached hydrogen (secondary N) is 1. The van der Waals surface area contributed by atoms with Crippen LogP contribution in [0.4, 0.5) is 0 Å². The molecule has 2 heterocycles. The molecule has 1 aromatic carbocycles. The third kappa shape index (κ3) is 3.65. The Hall–Kier alpha value is -2.83. The quantitative estimate of drug-likeness (QED) is 0.895. The molecular weight excluding hydrogens is 322 g/mol. The number of ether oxygens (including phenoxy) is 1. The molecule has 1 fully saturated rings. The van der Waals surface area contributed by atoms with E-state index < -0.39 is 0 Å². The average molecular weight is 343 g/mol. The topological polar surface area (TPSA) is 84.7 Å². The fourth-order valence-electron chi connectivity index (χ4n) is 2.86. The minimum Gasteiger partial charge on any atom is -0.488 e. The van der Waals surface area contributed by atoms with Gasteiger partial charge in [-0.05, 0) is 26.0 Å². The Morgan fingerprint density at radius 3 is 2.80 bits per heavy atom. The second kappa shape index (κ2) is 6.96. The predicted octanol–water partition coefficient (Wildman–Crippen LogP) is 1.83. The van der Waals surface area contributed by atoms with Crippen LogP contribution in [-0.4, -0.2) is 41.5 Å². The molecule has 0 spiro atoms. The molecule has 1 N–H and O–H groups in total. The van der Waals surface area contributed by atoms with E-state index in [0.29, 0.717) is 30.0 Å². The Balaban J connectivity index is 1.70. The van der Waals surface area contributed by atoms with Crippen molar-refractivity contribution >= 4 is 11.8 Å². The Labute approximate surface area is 145 Å². The molecule has 1 unspecified atom stereocenters. The van der Waals surface area contributed by atoms with E-state index in [1.807, 2.05) is 19.9 Å². The first-order chi connectivity index (χ1) is 12.0. The number of benzene rings is 1. The number of carbonyl (C=O) groups excluding carboxylic acids is 2. The van der Waals surface area contributed by atoms with Gasteiger partial charge in [-0.1, -0.05) is 17.3 Å². The highest BCUT2D eigenvalue weighted by atomic mass is 16.5. The molecule has 1 saturated heterocycles. The van der Waals surface area contributed by atoms with Crippen LogP contribution in [-0.2, 0) is 11.4 Å². The smallest absolute Gasteiger partial charge is 0.255 e. The van der Waals surface area contributed by atoms with Crippen molar-refractivity contribution in [2.45, 2.75) is 32.9 Å². The molecule has 0 bridgehead atoms. The maximum atomic E-state index is 12.6. The molecular formula is C18H21N3O4. The first-order valence-electron chi connectivity index (χ1n) is 8.14. The molecule has 0 radical (unpaired) electrons. The van der Waals surface area contributed by atoms with E-state index >= 15 is 0 Å². The van der Waals surface area contributed by atoms with Gasteiger partial charge in [0.2, 0.25) is 5.91 Å². The summed E-state index contributed by atoms with van der Waals surface area (Å²) >= 11 is 0. The maximum Gasteiger partial charge on any atom is 0.255 e. The highest BCUT2D eigenvalue weighted by molar-refractivity contribution is 5.97. The van der Waals surface area contributed by atoms with Gasteiger partial charge in [0.25, 0.3) is 5.91 Å². The monoisotopic (exact) mass is 343 g/mol. The zero-order valence-electron chi connectivity index (χ0n) is 14.5. The lowest BCUT2D eigenvalue weighted by Crippen LogP contribution is -2.36. The van der Waals surface area contributed by atoms with Crippen molar-refractivity contribution in [3.63, 3.8) is 0 Å². The summed E-state index contributed by atoms with van der Waals surface area (Å²) < 4.78 is 11.0. The molecule has 7 heteroatoms. The Kier molecular flexibility index (Phi) is 4.74. The van der Waals surface area contributed by atoms with Crippen molar-refractivity contribution in [1.82, 2.24) is 15.4 Å². The van der Waals surface area contributed by atoms with Crippen LogP contribution in [0.25, 0.3) is 0 Å².